The number of ketones is 5. The van der Waals surface area contributed by atoms with E-state index in [-0.39, 0.29) is 0 Å². The van der Waals surface area contributed by atoms with Gasteiger partial charge in [-0.3, -0.25) is 19.2 Å². The zero-order valence-electron chi connectivity index (χ0n) is 35.2. The maximum Gasteiger partial charge on any atom is 0.133 e. The number of hydrogen-bond donors (Lipinski definition) is 0. The Morgan fingerprint density at radius 1 is 0.327 bits per heavy atom. The fourth-order valence-electron chi connectivity index (χ4n) is 4.68. The summed E-state index contributed by atoms with van der Waals surface area (Å²) >= 11 is 0. The summed E-state index contributed by atoms with van der Waals surface area (Å²) in [4.78, 5) is 54.2. The van der Waals surface area contributed by atoms with Crippen LogP contribution in [0.25, 0.3) is 0 Å². The van der Waals surface area contributed by atoms with Crippen molar-refractivity contribution in [1.82, 2.24) is 0 Å². The molecule has 0 radical (unpaired) electrons. The number of Topliss-reactive ketones (excluding diaryl/α,β-unsaturated/α-hetero) is 5. The van der Waals surface area contributed by atoms with Gasteiger partial charge in [0.15, 0.2) is 0 Å². The van der Waals surface area contributed by atoms with Crippen LogP contribution in [0.1, 0.15) is 250 Å². The maximum absolute atomic E-state index is 11.2. The van der Waals surface area contributed by atoms with Crippen molar-refractivity contribution in [3.63, 3.8) is 0 Å². The molecule has 0 unspecified atom stereocenters. The third-order valence-electron chi connectivity index (χ3n) is 7.59. The molecule has 0 atom stereocenters. The van der Waals surface area contributed by atoms with E-state index in [0.717, 1.165) is 109 Å². The smallest absolute Gasteiger partial charge is 0.133 e. The van der Waals surface area contributed by atoms with Gasteiger partial charge < -0.3 is 4.79 Å². The van der Waals surface area contributed by atoms with Crippen LogP contribution in [0.4, 0.5) is 0 Å². The van der Waals surface area contributed by atoms with Gasteiger partial charge in [-0.25, -0.2) is 0 Å². The topological polar surface area (TPSA) is 85.3 Å². The van der Waals surface area contributed by atoms with E-state index in [1.807, 2.05) is 13.8 Å². The van der Waals surface area contributed by atoms with Gasteiger partial charge in [-0.2, -0.15) is 0 Å². The van der Waals surface area contributed by atoms with Gasteiger partial charge in [-0.05, 0) is 64.2 Å². The highest BCUT2D eigenvalue weighted by Gasteiger charge is 2.03. The summed E-state index contributed by atoms with van der Waals surface area (Å²) in [5.74, 6) is 2.61. The van der Waals surface area contributed by atoms with E-state index in [1.54, 1.807) is 6.92 Å². The van der Waals surface area contributed by atoms with Crippen molar-refractivity contribution >= 4 is 28.9 Å². The molecule has 0 spiro atoms. The second-order valence-electron chi connectivity index (χ2n) is 14.0. The van der Waals surface area contributed by atoms with Gasteiger partial charge in [0.1, 0.15) is 28.9 Å². The highest BCUT2D eigenvalue weighted by atomic mass is 16.1. The molecule has 0 aromatic carbocycles. The Labute approximate surface area is 307 Å². The van der Waals surface area contributed by atoms with Gasteiger partial charge in [0, 0.05) is 57.8 Å². The summed E-state index contributed by atoms with van der Waals surface area (Å²) < 4.78 is 0. The van der Waals surface area contributed by atoms with Gasteiger partial charge in [0.25, 0.3) is 0 Å². The Kier molecular flexibility index (Phi) is 58.7. The first-order valence-electron chi connectivity index (χ1n) is 20.9. The molecule has 294 valence electrons. The molecule has 0 aliphatic rings. The highest BCUT2D eigenvalue weighted by molar-refractivity contribution is 5.79. The summed E-state index contributed by atoms with van der Waals surface area (Å²) in [6.07, 6.45) is 27.6. The minimum Gasteiger partial charge on any atom is -0.300 e. The van der Waals surface area contributed by atoms with Crippen molar-refractivity contribution < 1.29 is 24.0 Å². The van der Waals surface area contributed by atoms with Crippen molar-refractivity contribution in [2.75, 3.05) is 0 Å². The summed E-state index contributed by atoms with van der Waals surface area (Å²) in [7, 11) is 0. The van der Waals surface area contributed by atoms with E-state index in [1.165, 1.54) is 64.2 Å². The highest BCUT2D eigenvalue weighted by Crippen LogP contribution is 2.08. The number of rotatable bonds is 28. The van der Waals surface area contributed by atoms with Crippen molar-refractivity contribution in [2.45, 2.75) is 250 Å². The number of carbonyl (C=O) groups is 5. The van der Waals surface area contributed by atoms with E-state index in [0.29, 0.717) is 34.8 Å². The molecule has 49 heavy (non-hydrogen) atoms. The molecule has 0 aromatic heterocycles. The Morgan fingerprint density at radius 3 is 0.816 bits per heavy atom. The molecule has 0 aliphatic carbocycles. The first-order valence-corrected chi connectivity index (χ1v) is 20.9. The van der Waals surface area contributed by atoms with Crippen LogP contribution in [-0.4, -0.2) is 28.9 Å². The lowest BCUT2D eigenvalue weighted by Crippen LogP contribution is -2.01. The lowest BCUT2D eigenvalue weighted by Gasteiger charge is -2.02. The molecule has 0 aliphatic heterocycles. The average molecular weight is 697 g/mol. The van der Waals surface area contributed by atoms with Crippen LogP contribution in [0.3, 0.4) is 0 Å². The number of carbonyl (C=O) groups excluding carboxylic acids is 5. The van der Waals surface area contributed by atoms with E-state index < -0.39 is 0 Å². The quantitative estimate of drug-likeness (QED) is 0.0760. The molecule has 5 heteroatoms. The molecule has 0 saturated carbocycles. The van der Waals surface area contributed by atoms with Crippen LogP contribution in [0.5, 0.6) is 0 Å². The largest absolute Gasteiger partial charge is 0.300 e. The van der Waals surface area contributed by atoms with Gasteiger partial charge in [0.2, 0.25) is 0 Å². The first-order chi connectivity index (χ1) is 23.4. The molecule has 0 amide bonds. The lowest BCUT2D eigenvalue weighted by molar-refractivity contribution is -0.120. The van der Waals surface area contributed by atoms with E-state index in [4.69, 9.17) is 0 Å². The maximum atomic E-state index is 11.2. The fraction of sp³-hybridized carbons (Fsp3) is 0.886. The average Bonchev–Trinajstić information content (AvgIpc) is 3.03. The van der Waals surface area contributed by atoms with Crippen molar-refractivity contribution in [2.24, 2.45) is 5.92 Å². The standard InChI is InChI=1S/C11H22O.C10H20O.C9H18O.2C7H14O/c1-3-5-7-9-11(12)10-8-6-4-2;1-4-5-6-7-10(11)8-9(2)3;1-3-5-6-8-9(10)7-4-2;1-3-4-5-6-7(2)8;1-3-5-7(8)6-4-2/h3-10H2,1-2H3;9H,4-8H2,1-3H3;3-8H2,1-2H3;2*3-6H2,1-2H3. The molecule has 0 rings (SSSR count). The van der Waals surface area contributed by atoms with Crippen LogP contribution < -0.4 is 0 Å². The van der Waals surface area contributed by atoms with Crippen molar-refractivity contribution in [3.8, 4) is 0 Å². The summed E-state index contributed by atoms with van der Waals surface area (Å²) in [5, 5.41) is 0. The molecule has 0 aromatic rings. The molecule has 0 heterocycles. The predicted molar refractivity (Wildman–Crippen MR) is 216 cm³/mol. The number of hydrogen-bond acceptors (Lipinski definition) is 5. The predicted octanol–water partition coefficient (Wildman–Crippen LogP) is 14.1. The van der Waals surface area contributed by atoms with Crippen LogP contribution in [0.2, 0.25) is 0 Å². The fourth-order valence-corrected chi connectivity index (χ4v) is 4.68. The second kappa shape index (κ2) is 50.7. The SMILES string of the molecule is CCCC(=O)CCC.CCCCCC(=O)CC(C)C.CCCCCC(=O)CCC.CCCCCC(=O)CCCCC.CCCCCC(C)=O. The number of unbranched alkanes of at least 4 members (excludes halogenated alkanes) is 10. The molecular weight excluding hydrogens is 608 g/mol. The zero-order valence-corrected chi connectivity index (χ0v) is 35.2. The van der Waals surface area contributed by atoms with E-state index in [2.05, 4.69) is 55.4 Å². The lowest BCUT2D eigenvalue weighted by atomic mass is 10.0. The molecular formula is C44H88O5. The third-order valence-corrected chi connectivity index (χ3v) is 7.59. The van der Waals surface area contributed by atoms with Gasteiger partial charge >= 0.3 is 0 Å². The Bertz CT molecular complexity index is 690. The van der Waals surface area contributed by atoms with Crippen LogP contribution in [0, 0.1) is 5.92 Å². The van der Waals surface area contributed by atoms with Gasteiger partial charge in [-0.15, -0.1) is 0 Å². The minimum absolute atomic E-state index is 0.318. The van der Waals surface area contributed by atoms with Gasteiger partial charge in [0.05, 0.1) is 0 Å². The van der Waals surface area contributed by atoms with Crippen LogP contribution in [-0.2, 0) is 24.0 Å². The van der Waals surface area contributed by atoms with Crippen molar-refractivity contribution in [3.05, 3.63) is 0 Å². The Hall–Kier alpha value is -1.65. The third kappa shape index (κ3) is 69.0. The summed E-state index contributed by atoms with van der Waals surface area (Å²) in [6, 6.07) is 0. The Morgan fingerprint density at radius 2 is 0.571 bits per heavy atom. The summed E-state index contributed by atoms with van der Waals surface area (Å²) in [5.41, 5.74) is 0. The molecule has 0 fully saturated rings. The molecule has 5 nitrogen and oxygen atoms in total. The molecule has 0 saturated heterocycles. The summed E-state index contributed by atoms with van der Waals surface area (Å²) in [6.45, 7) is 22.8. The normalized spacial score (nSPS) is 9.88. The Balaban J connectivity index is -0.000000166. The molecule has 0 N–H and O–H groups in total. The minimum atomic E-state index is 0.318. The zero-order chi connectivity index (χ0) is 38.6. The monoisotopic (exact) mass is 697 g/mol. The van der Waals surface area contributed by atoms with Crippen LogP contribution >= 0.6 is 0 Å². The van der Waals surface area contributed by atoms with E-state index in [9.17, 15) is 24.0 Å². The van der Waals surface area contributed by atoms with E-state index >= 15 is 0 Å². The van der Waals surface area contributed by atoms with Crippen molar-refractivity contribution in [1.29, 1.82) is 0 Å². The van der Waals surface area contributed by atoms with Gasteiger partial charge in [-0.1, -0.05) is 133 Å². The molecule has 0 bridgehead atoms. The first kappa shape index (κ1) is 56.7. The second-order valence-corrected chi connectivity index (χ2v) is 14.0. The van der Waals surface area contributed by atoms with Crippen LogP contribution in [0.15, 0.2) is 0 Å².